The van der Waals surface area contributed by atoms with Gasteiger partial charge in [-0.25, -0.2) is 0 Å². The quantitative estimate of drug-likeness (QED) is 0.793. The Balaban J connectivity index is 1.95. The van der Waals surface area contributed by atoms with Crippen LogP contribution in [0.4, 0.5) is 0 Å². The fourth-order valence-electron chi connectivity index (χ4n) is 1.72. The second-order valence-electron chi connectivity index (χ2n) is 3.71. The molecule has 0 radical (unpaired) electrons. The molecule has 0 unspecified atom stereocenters. The largest absolute Gasteiger partial charge is 0.297 e. The summed E-state index contributed by atoms with van der Waals surface area (Å²) >= 11 is 7.98. The second kappa shape index (κ2) is 5.73. The third kappa shape index (κ3) is 3.67. The van der Waals surface area contributed by atoms with E-state index in [9.17, 15) is 0 Å². The minimum atomic E-state index is 0.782. The molecule has 1 saturated heterocycles. The summed E-state index contributed by atoms with van der Waals surface area (Å²) in [7, 11) is 0. The molecule has 0 atom stereocenters. The topological polar surface area (TPSA) is 16.1 Å². The van der Waals surface area contributed by atoms with Crippen molar-refractivity contribution in [2.24, 2.45) is 0 Å². The maximum atomic E-state index is 5.93. The van der Waals surface area contributed by atoms with Gasteiger partial charge in [0.05, 0.1) is 5.69 Å². The van der Waals surface area contributed by atoms with Crippen molar-refractivity contribution in [1.29, 1.82) is 0 Å². The standard InChI is InChI=1S/C11H15ClN2S/c12-10-2-3-13-11(8-10)9-14-4-1-6-15-7-5-14/h2-3,8H,1,4-7,9H2. The summed E-state index contributed by atoms with van der Waals surface area (Å²) in [6.07, 6.45) is 3.06. The Kier molecular flexibility index (Phi) is 4.29. The molecule has 15 heavy (non-hydrogen) atoms. The van der Waals surface area contributed by atoms with Gasteiger partial charge in [-0.05, 0) is 30.9 Å². The van der Waals surface area contributed by atoms with Crippen molar-refractivity contribution in [2.75, 3.05) is 24.6 Å². The molecule has 82 valence electrons. The molecule has 2 heterocycles. The molecule has 2 nitrogen and oxygen atoms in total. The Labute approximate surface area is 100 Å². The van der Waals surface area contributed by atoms with Gasteiger partial charge < -0.3 is 0 Å². The predicted molar refractivity (Wildman–Crippen MR) is 66.5 cm³/mol. The minimum Gasteiger partial charge on any atom is -0.297 e. The number of aromatic nitrogens is 1. The van der Waals surface area contributed by atoms with Crippen molar-refractivity contribution in [3.05, 3.63) is 29.0 Å². The van der Waals surface area contributed by atoms with E-state index in [1.54, 1.807) is 6.20 Å². The van der Waals surface area contributed by atoms with Gasteiger partial charge in [-0.2, -0.15) is 11.8 Å². The van der Waals surface area contributed by atoms with Crippen molar-refractivity contribution < 1.29 is 0 Å². The molecule has 4 heteroatoms. The van der Waals surface area contributed by atoms with Crippen LogP contribution in [-0.4, -0.2) is 34.5 Å². The first-order valence-electron chi connectivity index (χ1n) is 5.25. The number of hydrogen-bond donors (Lipinski definition) is 0. The molecule has 2 rings (SSSR count). The number of halogens is 1. The first-order valence-corrected chi connectivity index (χ1v) is 6.78. The fourth-order valence-corrected chi connectivity index (χ4v) is 2.83. The molecule has 0 N–H and O–H groups in total. The van der Waals surface area contributed by atoms with E-state index in [1.807, 2.05) is 23.9 Å². The van der Waals surface area contributed by atoms with Gasteiger partial charge in [0.25, 0.3) is 0 Å². The van der Waals surface area contributed by atoms with Crippen molar-refractivity contribution >= 4 is 23.4 Å². The van der Waals surface area contributed by atoms with E-state index in [0.717, 1.165) is 17.3 Å². The molecule has 1 aliphatic heterocycles. The Bertz CT molecular complexity index is 311. The van der Waals surface area contributed by atoms with E-state index in [4.69, 9.17) is 11.6 Å². The highest BCUT2D eigenvalue weighted by molar-refractivity contribution is 7.99. The molecular weight excluding hydrogens is 228 g/mol. The van der Waals surface area contributed by atoms with Crippen molar-refractivity contribution in [3.63, 3.8) is 0 Å². The van der Waals surface area contributed by atoms with E-state index < -0.39 is 0 Å². The van der Waals surface area contributed by atoms with Crippen LogP contribution in [0.1, 0.15) is 12.1 Å². The van der Waals surface area contributed by atoms with Gasteiger partial charge in [0.1, 0.15) is 0 Å². The van der Waals surface area contributed by atoms with Crippen LogP contribution in [0, 0.1) is 0 Å². The van der Waals surface area contributed by atoms with E-state index in [-0.39, 0.29) is 0 Å². The van der Waals surface area contributed by atoms with Crippen molar-refractivity contribution in [3.8, 4) is 0 Å². The molecule has 0 amide bonds. The number of rotatable bonds is 2. The molecule has 1 fully saturated rings. The lowest BCUT2D eigenvalue weighted by Gasteiger charge is -2.18. The zero-order valence-electron chi connectivity index (χ0n) is 8.66. The monoisotopic (exact) mass is 242 g/mol. The third-order valence-corrected chi connectivity index (χ3v) is 3.76. The summed E-state index contributed by atoms with van der Waals surface area (Å²) in [6, 6.07) is 3.78. The molecule has 1 aliphatic rings. The van der Waals surface area contributed by atoms with Gasteiger partial charge in [-0.3, -0.25) is 9.88 Å². The number of pyridine rings is 1. The van der Waals surface area contributed by atoms with E-state index in [2.05, 4.69) is 9.88 Å². The Morgan fingerprint density at radius 1 is 1.40 bits per heavy atom. The highest BCUT2D eigenvalue weighted by Gasteiger charge is 2.10. The summed E-state index contributed by atoms with van der Waals surface area (Å²) in [6.45, 7) is 3.28. The lowest BCUT2D eigenvalue weighted by Crippen LogP contribution is -2.25. The van der Waals surface area contributed by atoms with Gasteiger partial charge >= 0.3 is 0 Å². The first kappa shape index (κ1) is 11.2. The Morgan fingerprint density at radius 3 is 3.20 bits per heavy atom. The molecule has 0 spiro atoms. The summed E-state index contributed by atoms with van der Waals surface area (Å²) in [5.74, 6) is 2.53. The Hall–Kier alpha value is -0.250. The van der Waals surface area contributed by atoms with Crippen molar-refractivity contribution in [2.45, 2.75) is 13.0 Å². The average Bonchev–Trinajstić information content (AvgIpc) is 2.46. The fraction of sp³-hybridized carbons (Fsp3) is 0.545. The maximum Gasteiger partial charge on any atom is 0.0558 e. The van der Waals surface area contributed by atoms with E-state index in [1.165, 1.54) is 31.0 Å². The number of nitrogens with zero attached hydrogens (tertiary/aromatic N) is 2. The second-order valence-corrected chi connectivity index (χ2v) is 5.37. The maximum absolute atomic E-state index is 5.93. The number of thioether (sulfide) groups is 1. The van der Waals surface area contributed by atoms with E-state index in [0.29, 0.717) is 0 Å². The van der Waals surface area contributed by atoms with Crippen LogP contribution in [0.5, 0.6) is 0 Å². The molecular formula is C11H15ClN2S. The normalized spacial score (nSPS) is 18.7. The van der Waals surface area contributed by atoms with Crippen LogP contribution in [-0.2, 0) is 6.54 Å². The molecule has 0 saturated carbocycles. The van der Waals surface area contributed by atoms with Crippen LogP contribution >= 0.6 is 23.4 Å². The zero-order valence-corrected chi connectivity index (χ0v) is 10.2. The first-order chi connectivity index (χ1) is 7.34. The minimum absolute atomic E-state index is 0.782. The van der Waals surface area contributed by atoms with Crippen LogP contribution in [0.3, 0.4) is 0 Å². The predicted octanol–water partition coefficient (Wildman–Crippen LogP) is 2.67. The summed E-state index contributed by atoms with van der Waals surface area (Å²) < 4.78 is 0. The van der Waals surface area contributed by atoms with E-state index >= 15 is 0 Å². The highest BCUT2D eigenvalue weighted by atomic mass is 35.5. The molecule has 1 aromatic rings. The smallest absolute Gasteiger partial charge is 0.0558 e. The van der Waals surface area contributed by atoms with Crippen LogP contribution in [0.2, 0.25) is 5.02 Å². The molecule has 0 aliphatic carbocycles. The lowest BCUT2D eigenvalue weighted by atomic mass is 10.3. The zero-order chi connectivity index (χ0) is 10.5. The summed E-state index contributed by atoms with van der Waals surface area (Å²) in [5.41, 5.74) is 1.08. The molecule has 0 bridgehead atoms. The highest BCUT2D eigenvalue weighted by Crippen LogP contribution is 2.14. The summed E-state index contributed by atoms with van der Waals surface area (Å²) in [5, 5.41) is 0.782. The van der Waals surface area contributed by atoms with Crippen LogP contribution in [0.25, 0.3) is 0 Å². The SMILES string of the molecule is Clc1ccnc(CN2CCCSCC2)c1. The van der Waals surface area contributed by atoms with Crippen LogP contribution in [0.15, 0.2) is 18.3 Å². The third-order valence-electron chi connectivity index (χ3n) is 2.48. The van der Waals surface area contributed by atoms with Crippen molar-refractivity contribution in [1.82, 2.24) is 9.88 Å². The lowest BCUT2D eigenvalue weighted by molar-refractivity contribution is 0.284. The molecule has 1 aromatic heterocycles. The molecule has 0 aromatic carbocycles. The summed E-state index contributed by atoms with van der Waals surface area (Å²) in [4.78, 5) is 6.79. The van der Waals surface area contributed by atoms with Gasteiger partial charge in [-0.15, -0.1) is 0 Å². The number of hydrogen-bond acceptors (Lipinski definition) is 3. The van der Waals surface area contributed by atoms with Crippen LogP contribution < -0.4 is 0 Å². The van der Waals surface area contributed by atoms with Gasteiger partial charge in [-0.1, -0.05) is 11.6 Å². The van der Waals surface area contributed by atoms with Gasteiger partial charge in [0.15, 0.2) is 0 Å². The Morgan fingerprint density at radius 2 is 2.33 bits per heavy atom. The van der Waals surface area contributed by atoms with Gasteiger partial charge in [0.2, 0.25) is 0 Å². The van der Waals surface area contributed by atoms with Gasteiger partial charge in [0, 0.05) is 30.1 Å². The average molecular weight is 243 g/mol.